The smallest absolute Gasteiger partial charge is 0.259 e. The molecule has 2 aromatic rings. The third kappa shape index (κ3) is 3.39. The monoisotopic (exact) mass is 357 g/mol. The maximum Gasteiger partial charge on any atom is 0.259 e. The van der Waals surface area contributed by atoms with Crippen molar-refractivity contribution in [1.82, 2.24) is 20.6 Å². The molecule has 0 saturated carbocycles. The van der Waals surface area contributed by atoms with Crippen molar-refractivity contribution in [2.75, 3.05) is 36.8 Å². The van der Waals surface area contributed by atoms with Crippen molar-refractivity contribution in [3.8, 4) is 0 Å². The molecule has 2 aliphatic rings. The Morgan fingerprint density at radius 1 is 1.52 bits per heavy atom. The van der Waals surface area contributed by atoms with Crippen LogP contribution in [0.4, 0.5) is 5.69 Å². The van der Waals surface area contributed by atoms with Crippen molar-refractivity contribution in [1.29, 1.82) is 0 Å². The molecule has 4 heterocycles. The van der Waals surface area contributed by atoms with E-state index < -0.39 is 0 Å². The average molecular weight is 357 g/mol. The topological polar surface area (TPSA) is 73.0 Å². The van der Waals surface area contributed by atoms with Crippen LogP contribution in [0, 0.1) is 12.8 Å². The number of pyridine rings is 1. The van der Waals surface area contributed by atoms with Gasteiger partial charge < -0.3 is 20.5 Å². The largest absolute Gasteiger partial charge is 0.351 e. The molecule has 1 amide bonds. The SMILES string of the molecule is Cc1c[nH]c2nccc(N3C=C(C(=O)NC[C@@H]4CCNC4)SCC3)c12. The zero-order chi connectivity index (χ0) is 17.2. The molecule has 25 heavy (non-hydrogen) atoms. The molecule has 7 heteroatoms. The number of hydrogen-bond donors (Lipinski definition) is 3. The number of rotatable bonds is 4. The summed E-state index contributed by atoms with van der Waals surface area (Å²) in [6.07, 6.45) is 6.92. The van der Waals surface area contributed by atoms with Gasteiger partial charge in [-0.3, -0.25) is 4.79 Å². The van der Waals surface area contributed by atoms with Gasteiger partial charge in [0.2, 0.25) is 0 Å². The van der Waals surface area contributed by atoms with Gasteiger partial charge in [-0.25, -0.2) is 4.98 Å². The molecule has 4 rings (SSSR count). The fourth-order valence-electron chi connectivity index (χ4n) is 3.46. The number of aromatic amines is 1. The predicted molar refractivity (Wildman–Crippen MR) is 103 cm³/mol. The first-order valence-electron chi connectivity index (χ1n) is 8.75. The Morgan fingerprint density at radius 2 is 2.44 bits per heavy atom. The summed E-state index contributed by atoms with van der Waals surface area (Å²) >= 11 is 1.63. The third-order valence-electron chi connectivity index (χ3n) is 4.86. The number of aromatic nitrogens is 2. The standard InChI is InChI=1S/C18H23N5OS/c1-12-8-21-17-16(12)14(3-5-20-17)23-6-7-25-15(11-23)18(24)22-10-13-2-4-19-9-13/h3,5,8,11,13,19H,2,4,6-7,9-10H2,1H3,(H,20,21)(H,22,24)/t13-/m1/s1. The Labute approximate surface area is 151 Å². The number of anilines is 1. The van der Waals surface area contributed by atoms with E-state index in [0.29, 0.717) is 5.92 Å². The van der Waals surface area contributed by atoms with Crippen LogP contribution in [0.1, 0.15) is 12.0 Å². The molecule has 0 bridgehead atoms. The summed E-state index contributed by atoms with van der Waals surface area (Å²) in [5.74, 6) is 1.49. The van der Waals surface area contributed by atoms with Crippen LogP contribution in [0.25, 0.3) is 11.0 Å². The van der Waals surface area contributed by atoms with Gasteiger partial charge >= 0.3 is 0 Å². The number of fused-ring (bicyclic) bond motifs is 1. The summed E-state index contributed by atoms with van der Waals surface area (Å²) in [5.41, 5.74) is 3.17. The highest BCUT2D eigenvalue weighted by molar-refractivity contribution is 8.04. The van der Waals surface area contributed by atoms with Gasteiger partial charge in [-0.15, -0.1) is 11.8 Å². The van der Waals surface area contributed by atoms with Gasteiger partial charge in [-0.05, 0) is 44.0 Å². The first-order valence-corrected chi connectivity index (χ1v) is 9.74. The molecule has 1 atom stereocenters. The zero-order valence-corrected chi connectivity index (χ0v) is 15.2. The number of hydrogen-bond acceptors (Lipinski definition) is 5. The van der Waals surface area contributed by atoms with Gasteiger partial charge in [-0.1, -0.05) is 0 Å². The second kappa shape index (κ2) is 7.09. The first-order chi connectivity index (χ1) is 12.2. The van der Waals surface area contributed by atoms with Gasteiger partial charge in [0.15, 0.2) is 0 Å². The molecule has 0 spiro atoms. The van der Waals surface area contributed by atoms with Gasteiger partial charge in [-0.2, -0.15) is 0 Å². The Morgan fingerprint density at radius 3 is 3.28 bits per heavy atom. The van der Waals surface area contributed by atoms with Crippen molar-refractivity contribution >= 4 is 34.4 Å². The number of carbonyl (C=O) groups is 1. The number of thioether (sulfide) groups is 1. The van der Waals surface area contributed by atoms with E-state index >= 15 is 0 Å². The second-order valence-corrected chi connectivity index (χ2v) is 7.77. The van der Waals surface area contributed by atoms with E-state index in [1.807, 2.05) is 24.7 Å². The van der Waals surface area contributed by atoms with Crippen molar-refractivity contribution in [3.05, 3.63) is 35.1 Å². The predicted octanol–water partition coefficient (Wildman–Crippen LogP) is 1.99. The first kappa shape index (κ1) is 16.5. The number of nitrogens with zero attached hydrogens (tertiary/aromatic N) is 2. The molecule has 1 fully saturated rings. The van der Waals surface area contributed by atoms with E-state index in [1.54, 1.807) is 11.8 Å². The lowest BCUT2D eigenvalue weighted by atomic mass is 10.1. The molecule has 0 aliphatic carbocycles. The minimum atomic E-state index is 0.0395. The second-order valence-electron chi connectivity index (χ2n) is 6.63. The maximum atomic E-state index is 12.5. The van der Waals surface area contributed by atoms with Gasteiger partial charge in [0.25, 0.3) is 5.91 Å². The summed E-state index contributed by atoms with van der Waals surface area (Å²) in [6, 6.07) is 2.02. The minimum Gasteiger partial charge on any atom is -0.351 e. The van der Waals surface area contributed by atoms with Gasteiger partial charge in [0.05, 0.1) is 10.6 Å². The van der Waals surface area contributed by atoms with Crippen molar-refractivity contribution in [3.63, 3.8) is 0 Å². The Hall–Kier alpha value is -1.99. The maximum absolute atomic E-state index is 12.5. The summed E-state index contributed by atoms with van der Waals surface area (Å²) in [6.45, 7) is 5.77. The van der Waals surface area contributed by atoms with Crippen molar-refractivity contribution in [2.24, 2.45) is 5.92 Å². The Balaban J connectivity index is 1.53. The number of amides is 1. The highest BCUT2D eigenvalue weighted by atomic mass is 32.2. The number of nitrogens with one attached hydrogen (secondary N) is 3. The average Bonchev–Trinajstić information content (AvgIpc) is 3.30. The lowest BCUT2D eigenvalue weighted by Gasteiger charge is -2.27. The van der Waals surface area contributed by atoms with Crippen LogP contribution < -0.4 is 15.5 Å². The van der Waals surface area contributed by atoms with E-state index in [1.165, 1.54) is 5.56 Å². The van der Waals surface area contributed by atoms with Gasteiger partial charge in [0, 0.05) is 42.8 Å². The molecular weight excluding hydrogens is 334 g/mol. The Kier molecular flexibility index (Phi) is 4.67. The lowest BCUT2D eigenvalue weighted by molar-refractivity contribution is -0.117. The molecule has 3 N–H and O–H groups in total. The van der Waals surface area contributed by atoms with Crippen LogP contribution in [0.5, 0.6) is 0 Å². The summed E-state index contributed by atoms with van der Waals surface area (Å²) < 4.78 is 0. The normalized spacial score (nSPS) is 20.8. The molecule has 1 saturated heterocycles. The van der Waals surface area contributed by atoms with E-state index in [2.05, 4.69) is 32.4 Å². The van der Waals surface area contributed by atoms with E-state index in [-0.39, 0.29) is 5.91 Å². The summed E-state index contributed by atoms with van der Waals surface area (Å²) in [5, 5.41) is 7.56. The molecule has 2 aromatic heterocycles. The molecule has 2 aliphatic heterocycles. The van der Waals surface area contributed by atoms with Crippen LogP contribution in [0.3, 0.4) is 0 Å². The van der Waals surface area contributed by atoms with Crippen LogP contribution >= 0.6 is 11.8 Å². The van der Waals surface area contributed by atoms with E-state index in [9.17, 15) is 4.79 Å². The van der Waals surface area contributed by atoms with Crippen LogP contribution in [0.15, 0.2) is 29.6 Å². The molecule has 0 radical (unpaired) electrons. The fourth-order valence-corrected chi connectivity index (χ4v) is 4.38. The highest BCUT2D eigenvalue weighted by Crippen LogP contribution is 2.32. The van der Waals surface area contributed by atoms with Crippen molar-refractivity contribution < 1.29 is 4.79 Å². The minimum absolute atomic E-state index is 0.0395. The third-order valence-corrected chi connectivity index (χ3v) is 5.85. The molecule has 0 unspecified atom stereocenters. The fraction of sp³-hybridized carbons (Fsp3) is 0.444. The van der Waals surface area contributed by atoms with Crippen LogP contribution in [-0.2, 0) is 4.79 Å². The summed E-state index contributed by atoms with van der Waals surface area (Å²) in [4.78, 5) is 23.1. The lowest BCUT2D eigenvalue weighted by Crippen LogP contribution is -2.33. The van der Waals surface area contributed by atoms with Crippen LogP contribution in [-0.4, -0.2) is 47.8 Å². The van der Waals surface area contributed by atoms with Crippen LogP contribution in [0.2, 0.25) is 0 Å². The number of aryl methyl sites for hydroxylation is 1. The highest BCUT2D eigenvalue weighted by Gasteiger charge is 2.22. The summed E-state index contributed by atoms with van der Waals surface area (Å²) in [7, 11) is 0. The number of carbonyl (C=O) groups excluding carboxylic acids is 1. The molecular formula is C18H23N5OS. The molecule has 132 valence electrons. The Bertz CT molecular complexity index is 809. The quantitative estimate of drug-likeness (QED) is 0.780. The van der Waals surface area contributed by atoms with Gasteiger partial charge in [0.1, 0.15) is 5.65 Å². The van der Waals surface area contributed by atoms with E-state index in [0.717, 1.165) is 60.0 Å². The molecule has 6 nitrogen and oxygen atoms in total. The van der Waals surface area contributed by atoms with E-state index in [4.69, 9.17) is 0 Å². The van der Waals surface area contributed by atoms with Crippen molar-refractivity contribution in [2.45, 2.75) is 13.3 Å². The molecule has 0 aromatic carbocycles. The number of H-pyrrole nitrogens is 1. The zero-order valence-electron chi connectivity index (χ0n) is 14.3.